The summed E-state index contributed by atoms with van der Waals surface area (Å²) >= 11 is 0. The number of halogens is 1. The van der Waals surface area contributed by atoms with Crippen LogP contribution in [-0.4, -0.2) is 15.5 Å². The average molecular weight is 247 g/mol. The second-order valence-electron chi connectivity index (χ2n) is 3.94. The number of aromatic nitrogens is 2. The average Bonchev–Trinajstić information content (AvgIpc) is 2.78. The summed E-state index contributed by atoms with van der Waals surface area (Å²) < 4.78 is 15.0. The van der Waals surface area contributed by atoms with E-state index in [1.165, 1.54) is 6.07 Å². The van der Waals surface area contributed by atoms with Crippen LogP contribution in [0.25, 0.3) is 0 Å². The third kappa shape index (κ3) is 2.94. The zero-order chi connectivity index (χ0) is 13.0. The van der Waals surface area contributed by atoms with Crippen molar-refractivity contribution >= 4 is 5.71 Å². The standard InChI is InChI=1S/C13H14FN3O/c1-10(12-7-15-17(2)8-12)16-18-9-11-5-3-4-6-13(11)14/h3-8H,9H2,1-2H3. The minimum Gasteiger partial charge on any atom is -0.391 e. The molecule has 0 atom stereocenters. The topological polar surface area (TPSA) is 39.4 Å². The first-order chi connectivity index (χ1) is 8.66. The van der Waals surface area contributed by atoms with Gasteiger partial charge in [0.15, 0.2) is 0 Å². The molecular weight excluding hydrogens is 233 g/mol. The fourth-order valence-corrected chi connectivity index (χ4v) is 1.47. The van der Waals surface area contributed by atoms with E-state index in [-0.39, 0.29) is 12.4 Å². The zero-order valence-corrected chi connectivity index (χ0v) is 10.3. The summed E-state index contributed by atoms with van der Waals surface area (Å²) in [5.41, 5.74) is 2.07. The zero-order valence-electron chi connectivity index (χ0n) is 10.3. The van der Waals surface area contributed by atoms with Crippen LogP contribution in [0.1, 0.15) is 18.1 Å². The minimum atomic E-state index is -0.285. The number of oxime groups is 1. The Morgan fingerprint density at radius 2 is 2.22 bits per heavy atom. The van der Waals surface area contributed by atoms with Crippen molar-refractivity contribution in [3.63, 3.8) is 0 Å². The van der Waals surface area contributed by atoms with Gasteiger partial charge in [0.05, 0.1) is 11.9 Å². The van der Waals surface area contributed by atoms with E-state index in [0.717, 1.165) is 5.56 Å². The number of nitrogens with zero attached hydrogens (tertiary/aromatic N) is 3. The molecule has 18 heavy (non-hydrogen) atoms. The number of hydrogen-bond donors (Lipinski definition) is 0. The first kappa shape index (κ1) is 12.3. The van der Waals surface area contributed by atoms with Crippen molar-refractivity contribution < 1.29 is 9.23 Å². The number of hydrogen-bond acceptors (Lipinski definition) is 3. The van der Waals surface area contributed by atoms with Gasteiger partial charge in [-0.1, -0.05) is 23.4 Å². The van der Waals surface area contributed by atoms with Gasteiger partial charge < -0.3 is 4.84 Å². The Bertz CT molecular complexity index is 563. The molecule has 1 aromatic carbocycles. The number of rotatable bonds is 4. The maximum atomic E-state index is 13.3. The van der Waals surface area contributed by atoms with Crippen LogP contribution in [0.15, 0.2) is 41.8 Å². The highest BCUT2D eigenvalue weighted by Crippen LogP contribution is 2.08. The Hall–Kier alpha value is -2.17. The molecule has 0 aliphatic heterocycles. The molecule has 5 heteroatoms. The third-order valence-electron chi connectivity index (χ3n) is 2.50. The highest BCUT2D eigenvalue weighted by Gasteiger charge is 2.02. The lowest BCUT2D eigenvalue weighted by molar-refractivity contribution is 0.128. The first-order valence-electron chi connectivity index (χ1n) is 5.56. The van der Waals surface area contributed by atoms with E-state index in [4.69, 9.17) is 4.84 Å². The van der Waals surface area contributed by atoms with Crippen LogP contribution >= 0.6 is 0 Å². The molecule has 0 unspecified atom stereocenters. The van der Waals surface area contributed by atoms with Crippen molar-refractivity contribution in [3.8, 4) is 0 Å². The van der Waals surface area contributed by atoms with Gasteiger partial charge in [-0.25, -0.2) is 4.39 Å². The van der Waals surface area contributed by atoms with E-state index >= 15 is 0 Å². The van der Waals surface area contributed by atoms with Gasteiger partial charge in [0.25, 0.3) is 0 Å². The van der Waals surface area contributed by atoms with Gasteiger partial charge in [-0.3, -0.25) is 4.68 Å². The van der Waals surface area contributed by atoms with Gasteiger partial charge in [-0.15, -0.1) is 0 Å². The summed E-state index contributed by atoms with van der Waals surface area (Å²) in [7, 11) is 1.83. The maximum absolute atomic E-state index is 13.3. The van der Waals surface area contributed by atoms with Crippen molar-refractivity contribution in [1.29, 1.82) is 0 Å². The highest BCUT2D eigenvalue weighted by molar-refractivity contribution is 5.97. The Morgan fingerprint density at radius 3 is 2.89 bits per heavy atom. The minimum absolute atomic E-state index is 0.115. The molecule has 0 N–H and O–H groups in total. The van der Waals surface area contributed by atoms with Gasteiger partial charge >= 0.3 is 0 Å². The monoisotopic (exact) mass is 247 g/mol. The predicted octanol–water partition coefficient (Wildman–Crippen LogP) is 2.50. The van der Waals surface area contributed by atoms with E-state index in [1.807, 2.05) is 20.2 Å². The first-order valence-corrected chi connectivity index (χ1v) is 5.56. The molecule has 0 spiro atoms. The molecule has 0 radical (unpaired) electrons. The summed E-state index contributed by atoms with van der Waals surface area (Å²) in [6.45, 7) is 1.93. The molecule has 2 aromatic rings. The van der Waals surface area contributed by atoms with Crippen molar-refractivity contribution in [3.05, 3.63) is 53.6 Å². The Kier molecular flexibility index (Phi) is 3.72. The smallest absolute Gasteiger partial charge is 0.145 e. The SMILES string of the molecule is CC(=NOCc1ccccc1F)c1cnn(C)c1. The second kappa shape index (κ2) is 5.44. The molecule has 1 aromatic heterocycles. The molecule has 0 fully saturated rings. The number of aryl methyl sites for hydroxylation is 1. The van der Waals surface area contributed by atoms with E-state index in [1.54, 1.807) is 29.1 Å². The van der Waals surface area contributed by atoms with Crippen molar-refractivity contribution in [2.24, 2.45) is 12.2 Å². The molecule has 0 bridgehead atoms. The molecule has 1 heterocycles. The van der Waals surface area contributed by atoms with Crippen LogP contribution in [0, 0.1) is 5.82 Å². The van der Waals surface area contributed by atoms with E-state index < -0.39 is 0 Å². The molecule has 0 saturated carbocycles. The lowest BCUT2D eigenvalue weighted by Gasteiger charge is -2.02. The lowest BCUT2D eigenvalue weighted by Crippen LogP contribution is -1.97. The molecular formula is C13H14FN3O. The third-order valence-corrected chi connectivity index (χ3v) is 2.50. The van der Waals surface area contributed by atoms with E-state index in [2.05, 4.69) is 10.3 Å². The van der Waals surface area contributed by atoms with Gasteiger partial charge in [-0.2, -0.15) is 5.10 Å². The van der Waals surface area contributed by atoms with Gasteiger partial charge in [0.1, 0.15) is 12.4 Å². The van der Waals surface area contributed by atoms with E-state index in [0.29, 0.717) is 11.3 Å². The summed E-state index contributed by atoms with van der Waals surface area (Å²) in [4.78, 5) is 5.14. The Balaban J connectivity index is 1.97. The van der Waals surface area contributed by atoms with Crippen LogP contribution in [0.4, 0.5) is 4.39 Å². The Morgan fingerprint density at radius 1 is 1.44 bits per heavy atom. The van der Waals surface area contributed by atoms with Crippen molar-refractivity contribution in [2.45, 2.75) is 13.5 Å². The summed E-state index contributed by atoms with van der Waals surface area (Å²) in [6.07, 6.45) is 3.54. The summed E-state index contributed by atoms with van der Waals surface area (Å²) in [5, 5.41) is 7.98. The highest BCUT2D eigenvalue weighted by atomic mass is 19.1. The molecule has 94 valence electrons. The lowest BCUT2D eigenvalue weighted by atomic mass is 10.2. The van der Waals surface area contributed by atoms with Crippen LogP contribution in [-0.2, 0) is 18.5 Å². The summed E-state index contributed by atoms with van der Waals surface area (Å²) in [5.74, 6) is -0.285. The Labute approximate surface area is 105 Å². The van der Waals surface area contributed by atoms with Gasteiger partial charge in [0.2, 0.25) is 0 Å². The fourth-order valence-electron chi connectivity index (χ4n) is 1.47. The second-order valence-corrected chi connectivity index (χ2v) is 3.94. The van der Waals surface area contributed by atoms with Gasteiger partial charge in [-0.05, 0) is 13.0 Å². The van der Waals surface area contributed by atoms with Crippen molar-refractivity contribution in [2.75, 3.05) is 0 Å². The quantitative estimate of drug-likeness (QED) is 0.615. The molecule has 0 saturated heterocycles. The summed E-state index contributed by atoms with van der Waals surface area (Å²) in [6, 6.07) is 6.48. The number of benzene rings is 1. The molecule has 0 aliphatic carbocycles. The normalized spacial score (nSPS) is 11.6. The molecule has 4 nitrogen and oxygen atoms in total. The van der Waals surface area contributed by atoms with Gasteiger partial charge in [0, 0.05) is 24.4 Å². The maximum Gasteiger partial charge on any atom is 0.145 e. The predicted molar refractivity (Wildman–Crippen MR) is 66.6 cm³/mol. The molecule has 0 amide bonds. The van der Waals surface area contributed by atoms with E-state index in [9.17, 15) is 4.39 Å². The van der Waals surface area contributed by atoms with Crippen molar-refractivity contribution in [1.82, 2.24) is 9.78 Å². The van der Waals surface area contributed by atoms with Crippen LogP contribution < -0.4 is 0 Å². The largest absolute Gasteiger partial charge is 0.391 e. The fraction of sp³-hybridized carbons (Fsp3) is 0.231. The van der Waals surface area contributed by atoms with Crippen LogP contribution in [0.2, 0.25) is 0 Å². The molecule has 2 rings (SSSR count). The van der Waals surface area contributed by atoms with Crippen LogP contribution in [0.5, 0.6) is 0 Å². The van der Waals surface area contributed by atoms with Crippen LogP contribution in [0.3, 0.4) is 0 Å². The molecule has 0 aliphatic rings.